The largest absolute Gasteiger partial charge is 0.439 e. The normalized spacial score (nSPS) is 10.5. The van der Waals surface area contributed by atoms with E-state index in [0.717, 1.165) is 5.56 Å². The number of nitrogens with two attached hydrogens (primary N) is 1. The highest BCUT2D eigenvalue weighted by molar-refractivity contribution is 6.30. The third kappa shape index (κ3) is 3.56. The molecule has 19 heavy (non-hydrogen) atoms. The minimum Gasteiger partial charge on any atom is -0.439 e. The van der Waals surface area contributed by atoms with Crippen LogP contribution in [0.15, 0.2) is 24.3 Å². The van der Waals surface area contributed by atoms with Gasteiger partial charge in [-0.05, 0) is 30.7 Å². The Balaban J connectivity index is 2.27. The molecular formula is C13H14ClN3O2. The lowest BCUT2D eigenvalue weighted by Gasteiger charge is -2.09. The van der Waals surface area contributed by atoms with Crippen molar-refractivity contribution >= 4 is 17.4 Å². The van der Waals surface area contributed by atoms with Crippen LogP contribution in [0.25, 0.3) is 0 Å². The Morgan fingerprint density at radius 2 is 2.05 bits per heavy atom. The molecule has 2 aromatic rings. The van der Waals surface area contributed by atoms with E-state index in [1.165, 1.54) is 0 Å². The summed E-state index contributed by atoms with van der Waals surface area (Å²) in [7, 11) is 1.57. The first kappa shape index (κ1) is 13.6. The second-order valence-corrected chi connectivity index (χ2v) is 4.43. The lowest BCUT2D eigenvalue weighted by atomic mass is 10.2. The van der Waals surface area contributed by atoms with Gasteiger partial charge < -0.3 is 15.2 Å². The molecule has 0 unspecified atom stereocenters. The molecule has 0 amide bonds. The average molecular weight is 280 g/mol. The van der Waals surface area contributed by atoms with Crippen molar-refractivity contribution in [2.45, 2.75) is 13.5 Å². The van der Waals surface area contributed by atoms with Gasteiger partial charge in [0.1, 0.15) is 18.2 Å². The molecule has 0 aliphatic heterocycles. The van der Waals surface area contributed by atoms with E-state index < -0.39 is 0 Å². The molecule has 0 bridgehead atoms. The number of halogens is 1. The van der Waals surface area contributed by atoms with Crippen LogP contribution in [0.4, 0.5) is 5.82 Å². The number of ether oxygens (including phenoxy) is 2. The zero-order valence-corrected chi connectivity index (χ0v) is 11.4. The van der Waals surface area contributed by atoms with Crippen LogP contribution in [-0.2, 0) is 11.3 Å². The van der Waals surface area contributed by atoms with Gasteiger partial charge in [0.05, 0.1) is 0 Å². The third-order valence-electron chi connectivity index (χ3n) is 2.39. The summed E-state index contributed by atoms with van der Waals surface area (Å²) in [5, 5.41) is 0.659. The maximum atomic E-state index is 5.89. The zero-order chi connectivity index (χ0) is 13.8. The topological polar surface area (TPSA) is 70.3 Å². The monoisotopic (exact) mass is 279 g/mol. The van der Waals surface area contributed by atoms with Crippen molar-refractivity contribution in [2.75, 3.05) is 12.8 Å². The van der Waals surface area contributed by atoms with Crippen molar-refractivity contribution in [1.29, 1.82) is 0 Å². The third-order valence-corrected chi connectivity index (χ3v) is 2.63. The fraction of sp³-hybridized carbons (Fsp3) is 0.231. The summed E-state index contributed by atoms with van der Waals surface area (Å²) in [4.78, 5) is 8.25. The van der Waals surface area contributed by atoms with E-state index in [0.29, 0.717) is 28.3 Å². The summed E-state index contributed by atoms with van der Waals surface area (Å²) in [5.41, 5.74) is 6.61. The lowest BCUT2D eigenvalue weighted by Crippen LogP contribution is -2.02. The van der Waals surface area contributed by atoms with E-state index in [9.17, 15) is 0 Å². The molecule has 2 N–H and O–H groups in total. The molecule has 0 saturated heterocycles. The number of rotatable bonds is 4. The van der Waals surface area contributed by atoms with Crippen LogP contribution in [0.5, 0.6) is 11.6 Å². The smallest absolute Gasteiger partial charge is 0.224 e. The number of methoxy groups -OCH3 is 1. The van der Waals surface area contributed by atoms with Gasteiger partial charge in [-0.15, -0.1) is 0 Å². The minimum atomic E-state index is 0.279. The second kappa shape index (κ2) is 5.86. The predicted molar refractivity (Wildman–Crippen MR) is 73.4 cm³/mol. The summed E-state index contributed by atoms with van der Waals surface area (Å²) in [6, 6.07) is 6.92. The summed E-state index contributed by atoms with van der Waals surface area (Å²) in [6.45, 7) is 2.18. The number of aromatic nitrogens is 2. The Morgan fingerprint density at radius 3 is 2.74 bits per heavy atom. The predicted octanol–water partition coefficient (Wildman–Crippen LogP) is 2.96. The van der Waals surface area contributed by atoms with E-state index in [1.54, 1.807) is 25.3 Å². The van der Waals surface area contributed by atoms with Crippen LogP contribution in [0, 0.1) is 6.92 Å². The average Bonchev–Trinajstić information content (AvgIpc) is 2.32. The van der Waals surface area contributed by atoms with Gasteiger partial charge in [-0.2, -0.15) is 4.98 Å². The van der Waals surface area contributed by atoms with Gasteiger partial charge in [0, 0.05) is 18.2 Å². The molecule has 5 nitrogen and oxygen atoms in total. The molecule has 1 heterocycles. The van der Waals surface area contributed by atoms with Crippen LogP contribution in [0.1, 0.15) is 11.4 Å². The zero-order valence-electron chi connectivity index (χ0n) is 10.7. The molecular weight excluding hydrogens is 266 g/mol. The Labute approximate surface area is 116 Å². The lowest BCUT2D eigenvalue weighted by molar-refractivity contribution is 0.177. The number of benzene rings is 1. The molecule has 1 aromatic carbocycles. The number of aryl methyl sites for hydroxylation is 1. The van der Waals surface area contributed by atoms with Gasteiger partial charge in [0.15, 0.2) is 5.82 Å². The van der Waals surface area contributed by atoms with E-state index >= 15 is 0 Å². The molecule has 0 aliphatic rings. The Morgan fingerprint density at radius 1 is 1.26 bits per heavy atom. The first-order valence-electron chi connectivity index (χ1n) is 5.65. The van der Waals surface area contributed by atoms with Crippen LogP contribution in [-0.4, -0.2) is 17.1 Å². The van der Waals surface area contributed by atoms with Crippen LogP contribution in [0.3, 0.4) is 0 Å². The molecule has 6 heteroatoms. The summed E-state index contributed by atoms with van der Waals surface area (Å²) in [5.74, 6) is 1.86. The molecule has 1 aromatic heterocycles. The van der Waals surface area contributed by atoms with Gasteiger partial charge in [-0.3, -0.25) is 0 Å². The minimum absolute atomic E-state index is 0.279. The number of hydrogen-bond donors (Lipinski definition) is 1. The van der Waals surface area contributed by atoms with Crippen molar-refractivity contribution < 1.29 is 9.47 Å². The SMILES string of the molecule is COCc1nc(N)cc(Oc2ccc(Cl)cc2C)n1. The summed E-state index contributed by atoms with van der Waals surface area (Å²) in [6.07, 6.45) is 0. The molecule has 0 spiro atoms. The fourth-order valence-corrected chi connectivity index (χ4v) is 1.80. The van der Waals surface area contributed by atoms with Crippen molar-refractivity contribution in [1.82, 2.24) is 9.97 Å². The molecule has 0 fully saturated rings. The Hall–Kier alpha value is -1.85. The first-order chi connectivity index (χ1) is 9.08. The first-order valence-corrected chi connectivity index (χ1v) is 6.02. The second-order valence-electron chi connectivity index (χ2n) is 3.99. The van der Waals surface area contributed by atoms with E-state index in [4.69, 9.17) is 26.8 Å². The number of hydrogen-bond acceptors (Lipinski definition) is 5. The van der Waals surface area contributed by atoms with Crippen LogP contribution >= 0.6 is 11.6 Å². The summed E-state index contributed by atoms with van der Waals surface area (Å²) < 4.78 is 10.7. The van der Waals surface area contributed by atoms with Gasteiger partial charge in [0.2, 0.25) is 5.88 Å². The molecule has 0 radical (unpaired) electrons. The number of nitrogens with zero attached hydrogens (tertiary/aromatic N) is 2. The quantitative estimate of drug-likeness (QED) is 0.932. The van der Waals surface area contributed by atoms with E-state index in [1.807, 2.05) is 13.0 Å². The van der Waals surface area contributed by atoms with Gasteiger partial charge in [-0.1, -0.05) is 11.6 Å². The Bertz CT molecular complexity index is 590. The van der Waals surface area contributed by atoms with Gasteiger partial charge >= 0.3 is 0 Å². The molecule has 0 atom stereocenters. The maximum Gasteiger partial charge on any atom is 0.224 e. The van der Waals surface area contributed by atoms with Crippen molar-refractivity contribution in [2.24, 2.45) is 0 Å². The van der Waals surface area contributed by atoms with Gasteiger partial charge in [0.25, 0.3) is 0 Å². The Kier molecular flexibility index (Phi) is 4.19. The highest BCUT2D eigenvalue weighted by Gasteiger charge is 2.07. The molecule has 0 saturated carbocycles. The highest BCUT2D eigenvalue weighted by atomic mass is 35.5. The number of nitrogen functional groups attached to an aromatic ring is 1. The maximum absolute atomic E-state index is 5.89. The molecule has 2 rings (SSSR count). The molecule has 0 aliphatic carbocycles. The van der Waals surface area contributed by atoms with Crippen molar-refractivity contribution in [3.8, 4) is 11.6 Å². The van der Waals surface area contributed by atoms with Gasteiger partial charge in [-0.25, -0.2) is 4.98 Å². The van der Waals surface area contributed by atoms with E-state index in [2.05, 4.69) is 9.97 Å². The fourth-order valence-electron chi connectivity index (χ4n) is 1.58. The van der Waals surface area contributed by atoms with Crippen LogP contribution < -0.4 is 10.5 Å². The molecule has 100 valence electrons. The van der Waals surface area contributed by atoms with E-state index in [-0.39, 0.29) is 6.61 Å². The number of anilines is 1. The standard InChI is InChI=1S/C13H14ClN3O2/c1-8-5-9(14)3-4-10(8)19-13-6-11(15)16-12(17-13)7-18-2/h3-6H,7H2,1-2H3,(H2,15,16,17). The highest BCUT2D eigenvalue weighted by Crippen LogP contribution is 2.26. The van der Waals surface area contributed by atoms with Crippen molar-refractivity contribution in [3.05, 3.63) is 40.7 Å². The summed E-state index contributed by atoms with van der Waals surface area (Å²) >= 11 is 5.89. The van der Waals surface area contributed by atoms with Crippen LogP contribution in [0.2, 0.25) is 5.02 Å². The van der Waals surface area contributed by atoms with Crippen molar-refractivity contribution in [3.63, 3.8) is 0 Å².